The minimum absolute atomic E-state index is 0.299. The Morgan fingerprint density at radius 1 is 1.21 bits per heavy atom. The molecule has 4 nitrogen and oxygen atoms in total. The average Bonchev–Trinajstić information content (AvgIpc) is 2.58. The van der Waals surface area contributed by atoms with Gasteiger partial charge in [0.1, 0.15) is 6.10 Å². The van der Waals surface area contributed by atoms with Crippen LogP contribution in [-0.4, -0.2) is 24.6 Å². The summed E-state index contributed by atoms with van der Waals surface area (Å²) in [6.07, 6.45) is 6.03. The molecule has 0 heterocycles. The molecular weight excluding hydrogens is 304 g/mol. The Hall–Kier alpha value is -2.36. The molecule has 0 spiro atoms. The van der Waals surface area contributed by atoms with Crippen molar-refractivity contribution >= 4 is 18.0 Å². The summed E-state index contributed by atoms with van der Waals surface area (Å²) in [7, 11) is 0. The molecule has 2 atom stereocenters. The van der Waals surface area contributed by atoms with E-state index in [2.05, 4.69) is 6.58 Å². The van der Waals surface area contributed by atoms with Crippen molar-refractivity contribution < 1.29 is 19.1 Å². The van der Waals surface area contributed by atoms with Gasteiger partial charge in [-0.2, -0.15) is 0 Å². The van der Waals surface area contributed by atoms with Crippen LogP contribution in [0.4, 0.5) is 0 Å². The summed E-state index contributed by atoms with van der Waals surface area (Å²) < 4.78 is 10.6. The highest BCUT2D eigenvalue weighted by Crippen LogP contribution is 2.20. The fourth-order valence-electron chi connectivity index (χ4n) is 2.37. The van der Waals surface area contributed by atoms with Crippen LogP contribution < -0.4 is 0 Å². The zero-order valence-electron chi connectivity index (χ0n) is 14.4. The van der Waals surface area contributed by atoms with E-state index in [4.69, 9.17) is 9.47 Å². The van der Waals surface area contributed by atoms with Gasteiger partial charge in [0.15, 0.2) is 0 Å². The number of rotatable bonds is 10. The van der Waals surface area contributed by atoms with Crippen LogP contribution in [0.15, 0.2) is 49.1 Å². The van der Waals surface area contributed by atoms with Crippen molar-refractivity contribution in [1.82, 2.24) is 0 Å². The second-order valence-corrected chi connectivity index (χ2v) is 5.39. The van der Waals surface area contributed by atoms with Gasteiger partial charge < -0.3 is 9.47 Å². The van der Waals surface area contributed by atoms with Gasteiger partial charge in [-0.05, 0) is 31.4 Å². The molecule has 4 heteroatoms. The SMILES string of the molecule is C=CCC(C(=O)OCC)C(CCC)OC(=O)C=Cc1ccccc1. The third-order valence-electron chi connectivity index (χ3n) is 3.51. The Morgan fingerprint density at radius 3 is 2.50 bits per heavy atom. The molecule has 0 amide bonds. The third kappa shape index (κ3) is 6.82. The number of allylic oxidation sites excluding steroid dienone is 1. The van der Waals surface area contributed by atoms with Crippen LogP contribution in [0.2, 0.25) is 0 Å². The van der Waals surface area contributed by atoms with Crippen LogP contribution in [0.25, 0.3) is 6.08 Å². The van der Waals surface area contributed by atoms with Gasteiger partial charge in [0.25, 0.3) is 0 Å². The zero-order valence-corrected chi connectivity index (χ0v) is 14.4. The van der Waals surface area contributed by atoms with E-state index >= 15 is 0 Å². The van der Waals surface area contributed by atoms with Crippen molar-refractivity contribution in [2.45, 2.75) is 39.2 Å². The van der Waals surface area contributed by atoms with Crippen LogP contribution in [0, 0.1) is 5.92 Å². The molecular formula is C20H26O4. The predicted molar refractivity (Wildman–Crippen MR) is 95.2 cm³/mol. The van der Waals surface area contributed by atoms with E-state index in [1.807, 2.05) is 37.3 Å². The number of ether oxygens (including phenoxy) is 2. The number of esters is 2. The molecule has 1 rings (SSSR count). The molecule has 1 aromatic rings. The summed E-state index contributed by atoms with van der Waals surface area (Å²) in [5, 5.41) is 0. The molecule has 0 aromatic heterocycles. The summed E-state index contributed by atoms with van der Waals surface area (Å²) in [6, 6.07) is 9.49. The molecule has 1 aromatic carbocycles. The maximum Gasteiger partial charge on any atom is 0.331 e. The summed E-state index contributed by atoms with van der Waals surface area (Å²) in [6.45, 7) is 7.72. The fourth-order valence-corrected chi connectivity index (χ4v) is 2.37. The molecule has 0 aliphatic heterocycles. The average molecular weight is 330 g/mol. The summed E-state index contributed by atoms with van der Waals surface area (Å²) in [5.41, 5.74) is 0.912. The number of carbonyl (C=O) groups excluding carboxylic acids is 2. The number of hydrogen-bond donors (Lipinski definition) is 0. The Morgan fingerprint density at radius 2 is 1.92 bits per heavy atom. The second kappa shape index (κ2) is 11.2. The van der Waals surface area contributed by atoms with Crippen LogP contribution in [0.1, 0.15) is 38.7 Å². The smallest absolute Gasteiger partial charge is 0.331 e. The van der Waals surface area contributed by atoms with Crippen molar-refractivity contribution in [2.75, 3.05) is 6.61 Å². The van der Waals surface area contributed by atoms with Crippen molar-refractivity contribution in [1.29, 1.82) is 0 Å². The molecule has 24 heavy (non-hydrogen) atoms. The van der Waals surface area contributed by atoms with Gasteiger partial charge >= 0.3 is 11.9 Å². The highest BCUT2D eigenvalue weighted by Gasteiger charge is 2.30. The second-order valence-electron chi connectivity index (χ2n) is 5.39. The molecule has 0 aliphatic rings. The van der Waals surface area contributed by atoms with Gasteiger partial charge in [-0.15, -0.1) is 6.58 Å². The first-order valence-corrected chi connectivity index (χ1v) is 8.33. The minimum Gasteiger partial charge on any atom is -0.466 e. The van der Waals surface area contributed by atoms with Crippen LogP contribution >= 0.6 is 0 Å². The fraction of sp³-hybridized carbons (Fsp3) is 0.400. The third-order valence-corrected chi connectivity index (χ3v) is 3.51. The summed E-state index contributed by atoms with van der Waals surface area (Å²) in [4.78, 5) is 24.2. The van der Waals surface area contributed by atoms with E-state index in [9.17, 15) is 9.59 Å². The molecule has 0 saturated heterocycles. The molecule has 0 radical (unpaired) electrons. The van der Waals surface area contributed by atoms with Crippen molar-refractivity contribution in [3.8, 4) is 0 Å². The summed E-state index contributed by atoms with van der Waals surface area (Å²) >= 11 is 0. The van der Waals surface area contributed by atoms with E-state index in [0.29, 0.717) is 19.4 Å². The summed E-state index contributed by atoms with van der Waals surface area (Å²) in [5.74, 6) is -1.33. The van der Waals surface area contributed by atoms with E-state index in [1.54, 1.807) is 19.1 Å². The van der Waals surface area contributed by atoms with Gasteiger partial charge in [0, 0.05) is 6.08 Å². The van der Waals surface area contributed by atoms with Crippen LogP contribution in [-0.2, 0) is 19.1 Å². The van der Waals surface area contributed by atoms with Gasteiger partial charge in [0.2, 0.25) is 0 Å². The van der Waals surface area contributed by atoms with E-state index in [0.717, 1.165) is 12.0 Å². The Kier molecular flexibility index (Phi) is 9.20. The maximum atomic E-state index is 12.1. The standard InChI is InChI=1S/C20H26O4/c1-4-10-17(20(22)23-6-3)18(11-5-2)24-19(21)15-14-16-12-8-7-9-13-16/h4,7-9,12-15,17-18H,1,5-6,10-11H2,2-3H3. The molecule has 0 aliphatic carbocycles. The van der Waals surface area contributed by atoms with E-state index in [1.165, 1.54) is 6.08 Å². The van der Waals surface area contributed by atoms with Gasteiger partial charge in [0.05, 0.1) is 12.5 Å². The quantitative estimate of drug-likeness (QED) is 0.367. The lowest BCUT2D eigenvalue weighted by Gasteiger charge is -2.24. The number of benzene rings is 1. The lowest BCUT2D eigenvalue weighted by Crippen LogP contribution is -2.33. The molecule has 0 N–H and O–H groups in total. The zero-order chi connectivity index (χ0) is 17.8. The van der Waals surface area contributed by atoms with Gasteiger partial charge in [-0.1, -0.05) is 49.8 Å². The Balaban J connectivity index is 2.78. The molecule has 0 saturated carbocycles. The molecule has 0 bridgehead atoms. The van der Waals surface area contributed by atoms with Crippen molar-refractivity contribution in [3.05, 3.63) is 54.6 Å². The normalized spacial score (nSPS) is 13.2. The van der Waals surface area contributed by atoms with Gasteiger partial charge in [-0.25, -0.2) is 4.79 Å². The van der Waals surface area contributed by atoms with Crippen molar-refractivity contribution in [3.63, 3.8) is 0 Å². The monoisotopic (exact) mass is 330 g/mol. The molecule has 0 fully saturated rings. The van der Waals surface area contributed by atoms with Crippen LogP contribution in [0.5, 0.6) is 0 Å². The lowest BCUT2D eigenvalue weighted by atomic mass is 9.95. The topological polar surface area (TPSA) is 52.6 Å². The van der Waals surface area contributed by atoms with E-state index < -0.39 is 18.0 Å². The molecule has 130 valence electrons. The van der Waals surface area contributed by atoms with Gasteiger partial charge in [-0.3, -0.25) is 4.79 Å². The van der Waals surface area contributed by atoms with E-state index in [-0.39, 0.29) is 5.97 Å². The Bertz CT molecular complexity index is 548. The first-order valence-electron chi connectivity index (χ1n) is 8.33. The first kappa shape index (κ1) is 19.7. The largest absolute Gasteiger partial charge is 0.466 e. The van der Waals surface area contributed by atoms with Crippen LogP contribution in [0.3, 0.4) is 0 Å². The van der Waals surface area contributed by atoms with Crippen molar-refractivity contribution in [2.24, 2.45) is 5.92 Å². The first-order chi connectivity index (χ1) is 11.6. The molecule has 2 unspecified atom stereocenters. The highest BCUT2D eigenvalue weighted by molar-refractivity contribution is 5.87. The Labute approximate surface area is 144 Å². The maximum absolute atomic E-state index is 12.1. The lowest BCUT2D eigenvalue weighted by molar-refractivity contribution is -0.159. The number of carbonyl (C=O) groups is 2. The number of hydrogen-bond acceptors (Lipinski definition) is 4. The highest BCUT2D eigenvalue weighted by atomic mass is 16.6. The predicted octanol–water partition coefficient (Wildman–Crippen LogP) is 4.17. The minimum atomic E-state index is -0.517.